The summed E-state index contributed by atoms with van der Waals surface area (Å²) in [5.41, 5.74) is 2.09. The van der Waals surface area contributed by atoms with E-state index in [1.807, 2.05) is 0 Å². The monoisotopic (exact) mass is 426 g/mol. The molecule has 0 saturated carbocycles. The molecule has 1 atom stereocenters. The normalized spacial score (nSPS) is 15.6. The van der Waals surface area contributed by atoms with Crippen molar-refractivity contribution in [1.82, 2.24) is 0 Å². The van der Waals surface area contributed by atoms with Crippen molar-refractivity contribution in [3.63, 3.8) is 0 Å². The Morgan fingerprint density at radius 2 is 2.10 bits per heavy atom. The molecule has 2 aromatic rings. The molecule has 1 aromatic heterocycles. The molecule has 1 aliphatic rings. The van der Waals surface area contributed by atoms with Crippen LogP contribution in [0.4, 0.5) is 5.00 Å². The zero-order valence-electron chi connectivity index (χ0n) is 17.7. The van der Waals surface area contributed by atoms with E-state index in [4.69, 9.17) is 9.47 Å². The Bertz CT molecular complexity index is 998. The van der Waals surface area contributed by atoms with Crippen LogP contribution in [0.1, 0.15) is 53.6 Å². The van der Waals surface area contributed by atoms with Crippen molar-refractivity contribution < 1.29 is 19.1 Å². The Morgan fingerprint density at radius 1 is 1.33 bits per heavy atom. The molecule has 1 unspecified atom stereocenters. The fourth-order valence-electron chi connectivity index (χ4n) is 3.66. The molecule has 7 heteroatoms. The van der Waals surface area contributed by atoms with Crippen LogP contribution in [0.5, 0.6) is 5.75 Å². The maximum absolute atomic E-state index is 12.4. The third kappa shape index (κ3) is 4.82. The van der Waals surface area contributed by atoms with Gasteiger partial charge in [-0.2, -0.15) is 5.26 Å². The van der Waals surface area contributed by atoms with E-state index in [1.165, 1.54) is 23.3 Å². The van der Waals surface area contributed by atoms with Crippen LogP contribution in [0.15, 0.2) is 24.3 Å². The Labute approximate surface area is 180 Å². The summed E-state index contributed by atoms with van der Waals surface area (Å²) >= 11 is 1.46. The minimum Gasteiger partial charge on any atom is -0.497 e. The molecule has 0 radical (unpaired) electrons. The number of thiophene rings is 1. The van der Waals surface area contributed by atoms with E-state index in [-0.39, 0.29) is 5.41 Å². The van der Waals surface area contributed by atoms with E-state index in [0.717, 1.165) is 24.8 Å². The van der Waals surface area contributed by atoms with Gasteiger partial charge in [0.1, 0.15) is 16.8 Å². The van der Waals surface area contributed by atoms with Crippen molar-refractivity contribution in [2.75, 3.05) is 19.0 Å². The molecule has 1 aromatic carbocycles. The number of methoxy groups -OCH3 is 1. The maximum Gasteiger partial charge on any atom is 0.338 e. The van der Waals surface area contributed by atoms with Crippen molar-refractivity contribution in [2.24, 2.45) is 11.3 Å². The Balaban J connectivity index is 1.65. The first kappa shape index (κ1) is 21.8. The number of hydrogen-bond acceptors (Lipinski definition) is 6. The first-order valence-electron chi connectivity index (χ1n) is 9.88. The fourth-order valence-corrected chi connectivity index (χ4v) is 4.95. The van der Waals surface area contributed by atoms with E-state index < -0.39 is 18.5 Å². The Kier molecular flexibility index (Phi) is 6.47. The van der Waals surface area contributed by atoms with Crippen molar-refractivity contribution in [1.29, 1.82) is 5.26 Å². The molecule has 0 saturated heterocycles. The summed E-state index contributed by atoms with van der Waals surface area (Å²) in [6, 6.07) is 8.78. The molecular formula is C23H26N2O4S. The number of esters is 1. The van der Waals surface area contributed by atoms with Crippen LogP contribution >= 0.6 is 11.3 Å². The lowest BCUT2D eigenvalue weighted by Crippen LogP contribution is -2.26. The average molecular weight is 427 g/mol. The van der Waals surface area contributed by atoms with Crippen molar-refractivity contribution in [3.05, 3.63) is 45.8 Å². The zero-order chi connectivity index (χ0) is 21.9. The van der Waals surface area contributed by atoms with Gasteiger partial charge >= 0.3 is 5.97 Å². The van der Waals surface area contributed by atoms with E-state index in [0.29, 0.717) is 27.8 Å². The van der Waals surface area contributed by atoms with Crippen molar-refractivity contribution in [3.8, 4) is 11.8 Å². The van der Waals surface area contributed by atoms with E-state index in [1.54, 1.807) is 24.3 Å². The first-order valence-corrected chi connectivity index (χ1v) is 10.7. The molecule has 0 bridgehead atoms. The summed E-state index contributed by atoms with van der Waals surface area (Å²) < 4.78 is 10.2. The molecule has 1 N–H and O–H groups in total. The molecule has 6 nitrogen and oxygen atoms in total. The molecule has 1 aliphatic carbocycles. The Hall–Kier alpha value is -2.85. The number of carbonyl (C=O) groups excluding carboxylic acids is 2. The second-order valence-electron chi connectivity index (χ2n) is 8.48. The van der Waals surface area contributed by atoms with Crippen LogP contribution in [-0.2, 0) is 22.4 Å². The van der Waals surface area contributed by atoms with Crippen LogP contribution in [0.2, 0.25) is 0 Å². The number of fused-ring (bicyclic) bond motifs is 1. The SMILES string of the molecule is COc1cccc(C(=O)OCC(=O)Nc2sc3c(c2C#N)CCC(C(C)(C)C)C3)c1. The van der Waals surface area contributed by atoms with Crippen LogP contribution < -0.4 is 10.1 Å². The molecule has 0 fully saturated rings. The van der Waals surface area contributed by atoms with Gasteiger partial charge < -0.3 is 14.8 Å². The van der Waals surface area contributed by atoms with Crippen molar-refractivity contribution in [2.45, 2.75) is 40.0 Å². The number of rotatable bonds is 5. The summed E-state index contributed by atoms with van der Waals surface area (Å²) in [4.78, 5) is 25.7. The number of amides is 1. The smallest absolute Gasteiger partial charge is 0.338 e. The summed E-state index contributed by atoms with van der Waals surface area (Å²) in [7, 11) is 1.51. The number of carbonyl (C=O) groups is 2. The number of benzene rings is 1. The quantitative estimate of drug-likeness (QED) is 0.707. The van der Waals surface area contributed by atoms with Crippen LogP contribution in [-0.4, -0.2) is 25.6 Å². The molecule has 1 heterocycles. The van der Waals surface area contributed by atoms with Gasteiger partial charge in [0.05, 0.1) is 18.2 Å². The lowest BCUT2D eigenvalue weighted by molar-refractivity contribution is -0.119. The largest absolute Gasteiger partial charge is 0.497 e. The topological polar surface area (TPSA) is 88.4 Å². The second-order valence-corrected chi connectivity index (χ2v) is 9.59. The van der Waals surface area contributed by atoms with Gasteiger partial charge in [0, 0.05) is 4.88 Å². The highest BCUT2D eigenvalue weighted by molar-refractivity contribution is 7.16. The standard InChI is InChI=1S/C23H26N2O4S/c1-23(2,3)15-8-9-17-18(12-24)21(30-19(17)11-15)25-20(26)13-29-22(27)14-6-5-7-16(10-14)28-4/h5-7,10,15H,8-9,11,13H2,1-4H3,(H,25,26). The third-order valence-electron chi connectivity index (χ3n) is 5.49. The summed E-state index contributed by atoms with van der Waals surface area (Å²) in [5.74, 6) is 0.00428. The fraction of sp³-hybridized carbons (Fsp3) is 0.435. The molecule has 0 spiro atoms. The number of ether oxygens (including phenoxy) is 2. The highest BCUT2D eigenvalue weighted by atomic mass is 32.1. The molecule has 3 rings (SSSR count). The summed E-state index contributed by atoms with van der Waals surface area (Å²) in [5, 5.41) is 12.9. The maximum atomic E-state index is 12.4. The van der Waals surface area contributed by atoms with Gasteiger partial charge in [-0.05, 0) is 54.4 Å². The highest BCUT2D eigenvalue weighted by Crippen LogP contribution is 2.43. The highest BCUT2D eigenvalue weighted by Gasteiger charge is 2.32. The van der Waals surface area contributed by atoms with Gasteiger partial charge in [0.2, 0.25) is 0 Å². The summed E-state index contributed by atoms with van der Waals surface area (Å²) in [6.45, 7) is 6.29. The summed E-state index contributed by atoms with van der Waals surface area (Å²) in [6.07, 6.45) is 2.80. The van der Waals surface area contributed by atoms with Gasteiger partial charge in [-0.25, -0.2) is 4.79 Å². The van der Waals surface area contributed by atoms with Gasteiger partial charge in [-0.3, -0.25) is 4.79 Å². The molecule has 0 aliphatic heterocycles. The number of nitrogens with zero attached hydrogens (tertiary/aromatic N) is 1. The van der Waals surface area contributed by atoms with Gasteiger partial charge in [-0.1, -0.05) is 26.8 Å². The number of anilines is 1. The molecular weight excluding hydrogens is 400 g/mol. The third-order valence-corrected chi connectivity index (χ3v) is 6.66. The van der Waals surface area contributed by atoms with Crippen LogP contribution in [0.25, 0.3) is 0 Å². The molecule has 1 amide bonds. The molecule has 158 valence electrons. The number of hydrogen-bond donors (Lipinski definition) is 1. The average Bonchev–Trinajstić information content (AvgIpc) is 3.07. The lowest BCUT2D eigenvalue weighted by Gasteiger charge is -2.33. The first-order chi connectivity index (χ1) is 14.2. The zero-order valence-corrected chi connectivity index (χ0v) is 18.5. The number of nitrogens with one attached hydrogen (secondary N) is 1. The van der Waals surface area contributed by atoms with Crippen LogP contribution in [0, 0.1) is 22.7 Å². The second kappa shape index (κ2) is 8.88. The minimum absolute atomic E-state index is 0.201. The van der Waals surface area contributed by atoms with E-state index in [2.05, 4.69) is 32.2 Å². The van der Waals surface area contributed by atoms with Gasteiger partial charge in [0.15, 0.2) is 6.61 Å². The Morgan fingerprint density at radius 3 is 2.77 bits per heavy atom. The van der Waals surface area contributed by atoms with E-state index in [9.17, 15) is 14.9 Å². The molecule has 30 heavy (non-hydrogen) atoms. The predicted octanol–water partition coefficient (Wildman–Crippen LogP) is 4.57. The van der Waals surface area contributed by atoms with Crippen molar-refractivity contribution >= 4 is 28.2 Å². The van der Waals surface area contributed by atoms with E-state index >= 15 is 0 Å². The lowest BCUT2D eigenvalue weighted by atomic mass is 9.72. The van der Waals surface area contributed by atoms with Gasteiger partial charge in [-0.15, -0.1) is 11.3 Å². The number of nitriles is 1. The predicted molar refractivity (Wildman–Crippen MR) is 116 cm³/mol. The minimum atomic E-state index is -0.608. The van der Waals surface area contributed by atoms with Gasteiger partial charge in [0.25, 0.3) is 5.91 Å². The van der Waals surface area contributed by atoms with Crippen LogP contribution in [0.3, 0.4) is 0 Å².